The van der Waals surface area contributed by atoms with E-state index in [1.54, 1.807) is 11.9 Å². The number of carbonyl (C=O) groups excluding carboxylic acids is 1. The van der Waals surface area contributed by atoms with E-state index in [-0.39, 0.29) is 5.91 Å². The molecule has 1 saturated heterocycles. The summed E-state index contributed by atoms with van der Waals surface area (Å²) >= 11 is 0. The number of amides is 2. The average Bonchev–Trinajstić information content (AvgIpc) is 2.10. The molecular formula is C9H16N2O3. The van der Waals surface area contributed by atoms with Gasteiger partial charge in [-0.15, -0.1) is 0 Å². The molecule has 1 fully saturated rings. The third-order valence-electron chi connectivity index (χ3n) is 2.59. The molecule has 0 aromatic heterocycles. The highest BCUT2D eigenvalue weighted by atomic mass is 16.4. The molecule has 1 atom stereocenters. The van der Waals surface area contributed by atoms with E-state index in [1.807, 2.05) is 0 Å². The lowest BCUT2D eigenvalue weighted by molar-refractivity contribution is -0.133. The zero-order valence-electron chi connectivity index (χ0n) is 8.32. The lowest BCUT2D eigenvalue weighted by Crippen LogP contribution is -2.36. The fourth-order valence-corrected chi connectivity index (χ4v) is 1.64. The van der Waals surface area contributed by atoms with Gasteiger partial charge in [0.15, 0.2) is 0 Å². The Morgan fingerprint density at radius 3 is 3.00 bits per heavy atom. The van der Waals surface area contributed by atoms with Gasteiger partial charge in [0.25, 0.3) is 0 Å². The average molecular weight is 200 g/mol. The van der Waals surface area contributed by atoms with Gasteiger partial charge in [0.1, 0.15) is 0 Å². The van der Waals surface area contributed by atoms with E-state index in [0.717, 1.165) is 19.4 Å². The summed E-state index contributed by atoms with van der Waals surface area (Å²) in [4.78, 5) is 23.2. The molecule has 2 amide bonds. The minimum Gasteiger partial charge on any atom is -0.465 e. The third kappa shape index (κ3) is 3.24. The van der Waals surface area contributed by atoms with E-state index < -0.39 is 6.09 Å². The van der Waals surface area contributed by atoms with Gasteiger partial charge in [0.05, 0.1) is 0 Å². The van der Waals surface area contributed by atoms with Gasteiger partial charge in [-0.2, -0.15) is 0 Å². The largest absolute Gasteiger partial charge is 0.465 e. The zero-order chi connectivity index (χ0) is 10.6. The molecule has 0 aromatic carbocycles. The van der Waals surface area contributed by atoms with Gasteiger partial charge in [0, 0.05) is 26.6 Å². The van der Waals surface area contributed by atoms with Gasteiger partial charge >= 0.3 is 6.09 Å². The van der Waals surface area contributed by atoms with Crippen molar-refractivity contribution in [3.8, 4) is 0 Å². The number of carbonyl (C=O) groups is 2. The number of nitrogens with one attached hydrogen (secondary N) is 1. The Labute approximate surface area is 83.1 Å². The van der Waals surface area contributed by atoms with E-state index in [4.69, 9.17) is 5.11 Å². The molecule has 1 aliphatic heterocycles. The Morgan fingerprint density at radius 1 is 1.71 bits per heavy atom. The summed E-state index contributed by atoms with van der Waals surface area (Å²) in [5.74, 6) is 0.502. The molecule has 0 aliphatic carbocycles. The van der Waals surface area contributed by atoms with Crippen LogP contribution in [0.15, 0.2) is 0 Å². The van der Waals surface area contributed by atoms with Crippen molar-refractivity contribution in [2.24, 2.45) is 5.92 Å². The SMILES string of the molecule is CN1CCC(CCNC(=O)O)CC1=O. The summed E-state index contributed by atoms with van der Waals surface area (Å²) in [5.41, 5.74) is 0. The number of carboxylic acid groups (broad SMARTS) is 1. The maximum absolute atomic E-state index is 11.3. The third-order valence-corrected chi connectivity index (χ3v) is 2.59. The van der Waals surface area contributed by atoms with Crippen LogP contribution in [-0.2, 0) is 4.79 Å². The van der Waals surface area contributed by atoms with E-state index in [2.05, 4.69) is 5.32 Å². The molecule has 1 heterocycles. The topological polar surface area (TPSA) is 69.6 Å². The molecule has 0 saturated carbocycles. The Hall–Kier alpha value is -1.26. The normalized spacial score (nSPS) is 22.2. The highest BCUT2D eigenvalue weighted by Crippen LogP contribution is 2.19. The lowest BCUT2D eigenvalue weighted by Gasteiger charge is -2.28. The smallest absolute Gasteiger partial charge is 0.404 e. The van der Waals surface area contributed by atoms with Crippen LogP contribution < -0.4 is 5.32 Å². The van der Waals surface area contributed by atoms with Crippen LogP contribution in [-0.4, -0.2) is 42.1 Å². The van der Waals surface area contributed by atoms with Crippen LogP contribution in [0.25, 0.3) is 0 Å². The van der Waals surface area contributed by atoms with Gasteiger partial charge in [-0.05, 0) is 18.8 Å². The van der Waals surface area contributed by atoms with Crippen LogP contribution in [0.4, 0.5) is 4.79 Å². The molecule has 80 valence electrons. The second-order valence-electron chi connectivity index (χ2n) is 3.69. The van der Waals surface area contributed by atoms with Gasteiger partial charge in [-0.1, -0.05) is 0 Å². The standard InChI is InChI=1S/C9H16N2O3/c1-11-5-3-7(6-8(11)12)2-4-10-9(13)14/h7,10H,2-6H2,1H3,(H,13,14). The molecular weight excluding hydrogens is 184 g/mol. The predicted molar refractivity (Wildman–Crippen MR) is 51.0 cm³/mol. The summed E-state index contributed by atoms with van der Waals surface area (Å²) in [6, 6.07) is 0. The number of piperidine rings is 1. The molecule has 0 radical (unpaired) electrons. The van der Waals surface area contributed by atoms with Crippen molar-refractivity contribution < 1.29 is 14.7 Å². The Morgan fingerprint density at radius 2 is 2.43 bits per heavy atom. The van der Waals surface area contributed by atoms with Gasteiger partial charge < -0.3 is 15.3 Å². The Bertz CT molecular complexity index is 230. The van der Waals surface area contributed by atoms with Crippen molar-refractivity contribution in [2.45, 2.75) is 19.3 Å². The van der Waals surface area contributed by atoms with Crippen molar-refractivity contribution in [1.82, 2.24) is 10.2 Å². The van der Waals surface area contributed by atoms with Crippen LogP contribution in [0.3, 0.4) is 0 Å². The minimum atomic E-state index is -0.996. The molecule has 1 unspecified atom stereocenters. The van der Waals surface area contributed by atoms with E-state index in [0.29, 0.717) is 18.9 Å². The molecule has 0 bridgehead atoms. The summed E-state index contributed by atoms with van der Waals surface area (Å²) in [6.45, 7) is 1.23. The van der Waals surface area contributed by atoms with Gasteiger partial charge in [-0.3, -0.25) is 4.79 Å². The first-order valence-electron chi connectivity index (χ1n) is 4.80. The summed E-state index contributed by atoms with van der Waals surface area (Å²) in [7, 11) is 1.80. The fraction of sp³-hybridized carbons (Fsp3) is 0.778. The monoisotopic (exact) mass is 200 g/mol. The van der Waals surface area contributed by atoms with Crippen LogP contribution >= 0.6 is 0 Å². The van der Waals surface area contributed by atoms with Crippen molar-refractivity contribution in [3.63, 3.8) is 0 Å². The first-order valence-corrected chi connectivity index (χ1v) is 4.80. The van der Waals surface area contributed by atoms with Crippen LogP contribution in [0.5, 0.6) is 0 Å². The highest BCUT2D eigenvalue weighted by molar-refractivity contribution is 5.76. The van der Waals surface area contributed by atoms with Crippen molar-refractivity contribution in [1.29, 1.82) is 0 Å². The number of hydrogen-bond donors (Lipinski definition) is 2. The van der Waals surface area contributed by atoms with E-state index >= 15 is 0 Å². The number of rotatable bonds is 3. The number of likely N-dealkylation sites (tertiary alicyclic amines) is 1. The Balaban J connectivity index is 2.20. The molecule has 1 rings (SSSR count). The summed E-state index contributed by atoms with van der Waals surface area (Å²) < 4.78 is 0. The number of hydrogen-bond acceptors (Lipinski definition) is 2. The molecule has 5 heteroatoms. The Kier molecular flexibility index (Phi) is 3.73. The summed E-state index contributed by atoms with van der Waals surface area (Å²) in [5, 5.41) is 10.7. The van der Waals surface area contributed by atoms with Gasteiger partial charge in [0.2, 0.25) is 5.91 Å². The zero-order valence-corrected chi connectivity index (χ0v) is 8.32. The summed E-state index contributed by atoms with van der Waals surface area (Å²) in [6.07, 6.45) is 1.29. The van der Waals surface area contributed by atoms with Crippen molar-refractivity contribution in [3.05, 3.63) is 0 Å². The second-order valence-corrected chi connectivity index (χ2v) is 3.69. The van der Waals surface area contributed by atoms with Crippen LogP contribution in [0.1, 0.15) is 19.3 Å². The molecule has 2 N–H and O–H groups in total. The van der Waals surface area contributed by atoms with Crippen LogP contribution in [0, 0.1) is 5.92 Å². The predicted octanol–water partition coefficient (Wildman–Crippen LogP) is 0.512. The molecule has 1 aliphatic rings. The van der Waals surface area contributed by atoms with Crippen LogP contribution in [0.2, 0.25) is 0 Å². The fourth-order valence-electron chi connectivity index (χ4n) is 1.64. The maximum atomic E-state index is 11.3. The molecule has 14 heavy (non-hydrogen) atoms. The first kappa shape index (κ1) is 10.8. The molecule has 0 spiro atoms. The van der Waals surface area contributed by atoms with Crippen molar-refractivity contribution >= 4 is 12.0 Å². The quantitative estimate of drug-likeness (QED) is 0.697. The minimum absolute atomic E-state index is 0.163. The molecule has 5 nitrogen and oxygen atoms in total. The second kappa shape index (κ2) is 4.83. The van der Waals surface area contributed by atoms with E-state index in [1.165, 1.54) is 0 Å². The van der Waals surface area contributed by atoms with Gasteiger partial charge in [-0.25, -0.2) is 4.79 Å². The maximum Gasteiger partial charge on any atom is 0.404 e. The van der Waals surface area contributed by atoms with Crippen molar-refractivity contribution in [2.75, 3.05) is 20.1 Å². The molecule has 0 aromatic rings. The first-order chi connectivity index (χ1) is 6.59. The lowest BCUT2D eigenvalue weighted by atomic mass is 9.93. The van der Waals surface area contributed by atoms with E-state index in [9.17, 15) is 9.59 Å². The number of nitrogens with zero attached hydrogens (tertiary/aromatic N) is 1. The highest BCUT2D eigenvalue weighted by Gasteiger charge is 2.22.